The van der Waals surface area contributed by atoms with Crippen molar-refractivity contribution in [2.24, 2.45) is 0 Å². The molecule has 0 aliphatic heterocycles. The van der Waals surface area contributed by atoms with Crippen LogP contribution in [0, 0.1) is 0 Å². The van der Waals surface area contributed by atoms with Crippen molar-refractivity contribution < 1.29 is 0 Å². The van der Waals surface area contributed by atoms with Gasteiger partial charge < -0.3 is 5.32 Å². The second-order valence-electron chi connectivity index (χ2n) is 5.75. The summed E-state index contributed by atoms with van der Waals surface area (Å²) in [6, 6.07) is 6.72. The highest BCUT2D eigenvalue weighted by molar-refractivity contribution is 5.60. The lowest BCUT2D eigenvalue weighted by molar-refractivity contribution is 0.739. The lowest BCUT2D eigenvalue weighted by Gasteiger charge is -2.20. The molecule has 0 spiro atoms. The summed E-state index contributed by atoms with van der Waals surface area (Å²) in [5.41, 5.74) is 4.30. The number of benzene rings is 1. The van der Waals surface area contributed by atoms with Crippen molar-refractivity contribution in [3.05, 3.63) is 29.3 Å². The molecule has 1 heteroatoms. The summed E-state index contributed by atoms with van der Waals surface area (Å²) in [4.78, 5) is 0. The maximum Gasteiger partial charge on any atom is 0.0410 e. The fourth-order valence-electron chi connectivity index (χ4n) is 2.34. The Bertz CT molecular complexity index is 326. The average Bonchev–Trinajstić information content (AvgIpc) is 2.34. The molecule has 0 saturated carbocycles. The fourth-order valence-corrected chi connectivity index (χ4v) is 2.34. The Kier molecular flexibility index (Phi) is 6.24. The van der Waals surface area contributed by atoms with E-state index in [1.807, 2.05) is 0 Å². The summed E-state index contributed by atoms with van der Waals surface area (Å²) in [6.07, 6.45) is 3.86. The molecule has 0 bridgehead atoms. The third-order valence-electron chi connectivity index (χ3n) is 3.46. The highest BCUT2D eigenvalue weighted by Gasteiger charge is 2.12. The molecule has 18 heavy (non-hydrogen) atoms. The number of anilines is 1. The quantitative estimate of drug-likeness (QED) is 0.624. The molecular weight excluding hydrogens is 218 g/mol. The van der Waals surface area contributed by atoms with E-state index in [1.165, 1.54) is 36.1 Å². The summed E-state index contributed by atoms with van der Waals surface area (Å²) in [5, 5.41) is 3.68. The number of hydrogen-bond donors (Lipinski definition) is 1. The Hall–Kier alpha value is -0.980. The zero-order valence-corrected chi connectivity index (χ0v) is 12.7. The van der Waals surface area contributed by atoms with Crippen LogP contribution in [0.25, 0.3) is 0 Å². The maximum atomic E-state index is 3.68. The molecule has 1 N–H and O–H groups in total. The smallest absolute Gasteiger partial charge is 0.0410 e. The van der Waals surface area contributed by atoms with E-state index in [0.29, 0.717) is 11.8 Å². The molecule has 0 aromatic heterocycles. The Morgan fingerprint density at radius 1 is 0.944 bits per heavy atom. The van der Waals surface area contributed by atoms with Crippen molar-refractivity contribution in [3.63, 3.8) is 0 Å². The Morgan fingerprint density at radius 3 is 1.94 bits per heavy atom. The van der Waals surface area contributed by atoms with E-state index in [-0.39, 0.29) is 0 Å². The van der Waals surface area contributed by atoms with Crippen LogP contribution >= 0.6 is 0 Å². The molecule has 0 fully saturated rings. The van der Waals surface area contributed by atoms with Gasteiger partial charge in [0.1, 0.15) is 0 Å². The molecule has 1 nitrogen and oxygen atoms in total. The molecule has 1 rings (SSSR count). The molecule has 0 aliphatic rings. The highest BCUT2D eigenvalue weighted by Crippen LogP contribution is 2.32. The fraction of sp³-hybridized carbons (Fsp3) is 0.647. The van der Waals surface area contributed by atoms with Gasteiger partial charge in [0.25, 0.3) is 0 Å². The number of para-hydroxylation sites is 1. The van der Waals surface area contributed by atoms with Crippen LogP contribution in [0.5, 0.6) is 0 Å². The van der Waals surface area contributed by atoms with E-state index in [4.69, 9.17) is 0 Å². The third kappa shape index (κ3) is 4.04. The van der Waals surface area contributed by atoms with Crippen LogP contribution in [0.15, 0.2) is 18.2 Å². The minimum Gasteiger partial charge on any atom is -0.385 e. The molecule has 1 aromatic carbocycles. The predicted octanol–water partition coefficient (Wildman–Crippen LogP) is 5.54. The van der Waals surface area contributed by atoms with E-state index in [0.717, 1.165) is 6.54 Å². The van der Waals surface area contributed by atoms with Crippen LogP contribution in [0.3, 0.4) is 0 Å². The van der Waals surface area contributed by atoms with Crippen LogP contribution in [0.4, 0.5) is 5.69 Å². The number of rotatable bonds is 7. The lowest BCUT2D eigenvalue weighted by atomic mass is 9.92. The topological polar surface area (TPSA) is 12.0 Å². The van der Waals surface area contributed by atoms with Gasteiger partial charge in [0.2, 0.25) is 0 Å². The largest absolute Gasteiger partial charge is 0.385 e. The van der Waals surface area contributed by atoms with E-state index in [1.54, 1.807) is 0 Å². The molecule has 102 valence electrons. The zero-order chi connectivity index (χ0) is 13.5. The monoisotopic (exact) mass is 247 g/mol. The minimum atomic E-state index is 0.581. The van der Waals surface area contributed by atoms with Gasteiger partial charge in [0.05, 0.1) is 0 Å². The minimum absolute atomic E-state index is 0.581. The first-order chi connectivity index (χ1) is 8.57. The van der Waals surface area contributed by atoms with Crippen molar-refractivity contribution >= 4 is 5.69 Å². The first-order valence-electron chi connectivity index (χ1n) is 7.44. The van der Waals surface area contributed by atoms with Crippen LogP contribution in [-0.2, 0) is 0 Å². The van der Waals surface area contributed by atoms with Gasteiger partial charge in [-0.15, -0.1) is 0 Å². The predicted molar refractivity (Wildman–Crippen MR) is 82.6 cm³/mol. The normalized spacial score (nSPS) is 11.3. The van der Waals surface area contributed by atoms with Gasteiger partial charge >= 0.3 is 0 Å². The first kappa shape index (κ1) is 15.1. The van der Waals surface area contributed by atoms with Gasteiger partial charge in [-0.2, -0.15) is 0 Å². The standard InChI is InChI=1S/C17H29N/c1-6-7-8-12-18-17-15(13(2)3)10-9-11-16(17)14(4)5/h9-11,13-14,18H,6-8,12H2,1-5H3. The molecule has 0 amide bonds. The van der Waals surface area contributed by atoms with Crippen LogP contribution in [0.2, 0.25) is 0 Å². The van der Waals surface area contributed by atoms with Crippen molar-refractivity contribution in [2.45, 2.75) is 65.7 Å². The molecule has 0 atom stereocenters. The average molecular weight is 247 g/mol. The summed E-state index contributed by atoms with van der Waals surface area (Å²) in [7, 11) is 0. The Balaban J connectivity index is 2.89. The highest BCUT2D eigenvalue weighted by atomic mass is 14.9. The third-order valence-corrected chi connectivity index (χ3v) is 3.46. The molecule has 0 heterocycles. The van der Waals surface area contributed by atoms with Gasteiger partial charge in [0, 0.05) is 12.2 Å². The maximum absolute atomic E-state index is 3.68. The molecule has 0 unspecified atom stereocenters. The summed E-state index contributed by atoms with van der Waals surface area (Å²) < 4.78 is 0. The Morgan fingerprint density at radius 2 is 1.50 bits per heavy atom. The molecule has 0 radical (unpaired) electrons. The molecular formula is C17H29N. The van der Waals surface area contributed by atoms with Gasteiger partial charge in [-0.25, -0.2) is 0 Å². The second-order valence-corrected chi connectivity index (χ2v) is 5.75. The number of unbranched alkanes of at least 4 members (excludes halogenated alkanes) is 2. The lowest BCUT2D eigenvalue weighted by Crippen LogP contribution is -2.08. The Labute approximate surface area is 113 Å². The van der Waals surface area contributed by atoms with Gasteiger partial charge in [-0.1, -0.05) is 65.7 Å². The van der Waals surface area contributed by atoms with Crippen molar-refractivity contribution in [2.75, 3.05) is 11.9 Å². The van der Waals surface area contributed by atoms with Crippen LogP contribution < -0.4 is 5.32 Å². The van der Waals surface area contributed by atoms with Gasteiger partial charge in [0.15, 0.2) is 0 Å². The second kappa shape index (κ2) is 7.45. The van der Waals surface area contributed by atoms with Crippen LogP contribution in [0.1, 0.15) is 76.8 Å². The van der Waals surface area contributed by atoms with E-state index < -0.39 is 0 Å². The SMILES string of the molecule is CCCCCNc1c(C(C)C)cccc1C(C)C. The number of hydrogen-bond acceptors (Lipinski definition) is 1. The summed E-state index contributed by atoms with van der Waals surface area (Å²) in [5.74, 6) is 1.16. The molecule has 0 aliphatic carbocycles. The van der Waals surface area contributed by atoms with E-state index >= 15 is 0 Å². The summed E-state index contributed by atoms with van der Waals surface area (Å²) in [6.45, 7) is 12.4. The van der Waals surface area contributed by atoms with Crippen molar-refractivity contribution in [1.29, 1.82) is 0 Å². The zero-order valence-electron chi connectivity index (χ0n) is 12.7. The van der Waals surface area contributed by atoms with Crippen molar-refractivity contribution in [3.8, 4) is 0 Å². The van der Waals surface area contributed by atoms with Gasteiger partial charge in [-0.05, 0) is 29.4 Å². The number of nitrogens with one attached hydrogen (secondary N) is 1. The van der Waals surface area contributed by atoms with Crippen molar-refractivity contribution in [1.82, 2.24) is 0 Å². The first-order valence-corrected chi connectivity index (χ1v) is 7.44. The van der Waals surface area contributed by atoms with Crippen LogP contribution in [-0.4, -0.2) is 6.54 Å². The van der Waals surface area contributed by atoms with E-state index in [2.05, 4.69) is 58.1 Å². The molecule has 1 aromatic rings. The summed E-state index contributed by atoms with van der Waals surface area (Å²) >= 11 is 0. The molecule has 0 saturated heterocycles. The van der Waals surface area contributed by atoms with Gasteiger partial charge in [-0.3, -0.25) is 0 Å². The van der Waals surface area contributed by atoms with E-state index in [9.17, 15) is 0 Å².